The molecule has 0 saturated carbocycles. The Kier molecular flexibility index (Phi) is 5.11. The van der Waals surface area contributed by atoms with Crippen LogP contribution in [0.5, 0.6) is 0 Å². The van der Waals surface area contributed by atoms with Crippen LogP contribution in [0, 0.1) is 6.92 Å². The molecule has 1 aliphatic heterocycles. The van der Waals surface area contributed by atoms with Gasteiger partial charge in [-0.3, -0.25) is 9.69 Å². The predicted octanol–water partition coefficient (Wildman–Crippen LogP) is 4.24. The summed E-state index contributed by atoms with van der Waals surface area (Å²) in [6.45, 7) is 6.65. The number of anilines is 1. The van der Waals surface area contributed by atoms with Crippen LogP contribution < -0.4 is 5.32 Å². The molecule has 0 fully saturated rings. The van der Waals surface area contributed by atoms with Crippen LogP contribution in [0.2, 0.25) is 0 Å². The lowest BCUT2D eigenvalue weighted by Gasteiger charge is -2.26. The maximum absolute atomic E-state index is 11.1. The Morgan fingerprint density at radius 2 is 1.79 bits per heavy atom. The first-order valence-corrected chi connectivity index (χ1v) is 8.45. The Bertz CT molecular complexity index is 729. The average Bonchev–Trinajstić information content (AvgIpc) is 2.58. The number of aryl methyl sites for hydroxylation is 1. The molecule has 2 aromatic carbocycles. The van der Waals surface area contributed by atoms with Crippen molar-refractivity contribution in [2.45, 2.75) is 26.8 Å². The highest BCUT2D eigenvalue weighted by Crippen LogP contribution is 2.23. The summed E-state index contributed by atoms with van der Waals surface area (Å²) < 4.78 is 0. The molecule has 1 heterocycles. The quantitative estimate of drug-likeness (QED) is 0.913. The fourth-order valence-corrected chi connectivity index (χ4v) is 3.04. The summed E-state index contributed by atoms with van der Waals surface area (Å²) in [5, 5.41) is 2.80. The number of rotatable bonds is 4. The fraction of sp³-hybridized carbons (Fsp3) is 0.286. The van der Waals surface area contributed by atoms with Crippen molar-refractivity contribution < 1.29 is 4.79 Å². The van der Waals surface area contributed by atoms with Crippen molar-refractivity contribution in [3.05, 3.63) is 71.3 Å². The molecule has 2 aromatic rings. The highest BCUT2D eigenvalue weighted by molar-refractivity contribution is 5.88. The molecule has 0 atom stereocenters. The third-order valence-electron chi connectivity index (χ3n) is 4.40. The van der Waals surface area contributed by atoms with Crippen LogP contribution in [0.3, 0.4) is 0 Å². The van der Waals surface area contributed by atoms with Crippen molar-refractivity contribution in [2.24, 2.45) is 0 Å². The van der Waals surface area contributed by atoms with Crippen LogP contribution in [-0.4, -0.2) is 23.9 Å². The second-order valence-electron chi connectivity index (χ2n) is 6.46. The van der Waals surface area contributed by atoms with Gasteiger partial charge in [0.05, 0.1) is 0 Å². The normalized spacial score (nSPS) is 15.0. The van der Waals surface area contributed by atoms with Crippen molar-refractivity contribution in [3.63, 3.8) is 0 Å². The molecule has 124 valence electrons. The molecule has 0 radical (unpaired) electrons. The number of hydrogen-bond donors (Lipinski definition) is 1. The Morgan fingerprint density at radius 1 is 1.08 bits per heavy atom. The van der Waals surface area contributed by atoms with E-state index in [0.29, 0.717) is 0 Å². The van der Waals surface area contributed by atoms with Crippen molar-refractivity contribution in [1.82, 2.24) is 4.90 Å². The van der Waals surface area contributed by atoms with E-state index in [9.17, 15) is 4.79 Å². The molecule has 3 rings (SSSR count). The summed E-state index contributed by atoms with van der Waals surface area (Å²) in [7, 11) is 0. The Hall–Kier alpha value is -2.39. The summed E-state index contributed by atoms with van der Waals surface area (Å²) >= 11 is 0. The molecule has 0 bridgehead atoms. The molecule has 0 spiro atoms. The highest BCUT2D eigenvalue weighted by atomic mass is 16.1. The number of nitrogens with one attached hydrogen (secondary N) is 1. The molecule has 0 aromatic heterocycles. The van der Waals surface area contributed by atoms with Gasteiger partial charge in [-0.2, -0.15) is 0 Å². The van der Waals surface area contributed by atoms with Crippen molar-refractivity contribution in [1.29, 1.82) is 0 Å². The lowest BCUT2D eigenvalue weighted by Crippen LogP contribution is -2.28. The van der Waals surface area contributed by atoms with E-state index in [1.165, 1.54) is 29.2 Å². The van der Waals surface area contributed by atoms with Crippen molar-refractivity contribution in [2.75, 3.05) is 18.4 Å². The minimum Gasteiger partial charge on any atom is -0.326 e. The molecule has 0 unspecified atom stereocenters. The SMILES string of the molecule is CC(=O)Nc1ccc(CN2CC=C(c3ccc(C)cc3)CC2)cc1. The van der Waals surface area contributed by atoms with E-state index in [4.69, 9.17) is 0 Å². The van der Waals surface area contributed by atoms with E-state index in [2.05, 4.69) is 59.6 Å². The van der Waals surface area contributed by atoms with Crippen LogP contribution in [0.25, 0.3) is 5.57 Å². The lowest BCUT2D eigenvalue weighted by atomic mass is 9.98. The smallest absolute Gasteiger partial charge is 0.221 e. The molecule has 1 aliphatic rings. The first-order chi connectivity index (χ1) is 11.6. The number of carbonyl (C=O) groups is 1. The van der Waals surface area contributed by atoms with Gasteiger partial charge in [-0.1, -0.05) is 48.0 Å². The maximum atomic E-state index is 11.1. The molecular weight excluding hydrogens is 296 g/mol. The van der Waals surface area contributed by atoms with Crippen LogP contribution in [-0.2, 0) is 11.3 Å². The molecule has 3 nitrogen and oxygen atoms in total. The van der Waals surface area contributed by atoms with Gasteiger partial charge in [0, 0.05) is 32.2 Å². The second-order valence-corrected chi connectivity index (χ2v) is 6.46. The van der Waals surface area contributed by atoms with Crippen molar-refractivity contribution >= 4 is 17.2 Å². The van der Waals surface area contributed by atoms with E-state index in [-0.39, 0.29) is 5.91 Å². The number of amides is 1. The number of nitrogens with zero attached hydrogens (tertiary/aromatic N) is 1. The van der Waals surface area contributed by atoms with Gasteiger partial charge in [0.15, 0.2) is 0 Å². The van der Waals surface area contributed by atoms with E-state index in [1.54, 1.807) is 0 Å². The molecule has 0 aliphatic carbocycles. The number of benzene rings is 2. The number of hydrogen-bond acceptors (Lipinski definition) is 2. The predicted molar refractivity (Wildman–Crippen MR) is 99.8 cm³/mol. The lowest BCUT2D eigenvalue weighted by molar-refractivity contribution is -0.114. The topological polar surface area (TPSA) is 32.3 Å². The summed E-state index contributed by atoms with van der Waals surface area (Å²) in [6.07, 6.45) is 3.44. The van der Waals surface area contributed by atoms with E-state index in [1.807, 2.05) is 12.1 Å². The average molecular weight is 320 g/mol. The second kappa shape index (κ2) is 7.45. The summed E-state index contributed by atoms with van der Waals surface area (Å²) in [5.74, 6) is -0.0347. The minimum atomic E-state index is -0.0347. The van der Waals surface area contributed by atoms with Gasteiger partial charge in [0.2, 0.25) is 5.91 Å². The molecular formula is C21H24N2O. The Balaban J connectivity index is 1.58. The molecule has 24 heavy (non-hydrogen) atoms. The third kappa shape index (κ3) is 4.33. The largest absolute Gasteiger partial charge is 0.326 e. The fourth-order valence-electron chi connectivity index (χ4n) is 3.04. The first-order valence-electron chi connectivity index (χ1n) is 8.45. The van der Waals surface area contributed by atoms with Gasteiger partial charge in [-0.25, -0.2) is 0 Å². The Labute approximate surface area is 144 Å². The van der Waals surface area contributed by atoms with Crippen LogP contribution in [0.4, 0.5) is 5.69 Å². The van der Waals surface area contributed by atoms with Gasteiger partial charge in [-0.15, -0.1) is 0 Å². The van der Waals surface area contributed by atoms with E-state index >= 15 is 0 Å². The van der Waals surface area contributed by atoms with Gasteiger partial charge >= 0.3 is 0 Å². The Morgan fingerprint density at radius 3 is 2.38 bits per heavy atom. The first kappa shape index (κ1) is 16.5. The zero-order valence-electron chi connectivity index (χ0n) is 14.4. The van der Waals surface area contributed by atoms with Gasteiger partial charge in [-0.05, 0) is 42.2 Å². The van der Waals surface area contributed by atoms with Crippen LogP contribution >= 0.6 is 0 Å². The van der Waals surface area contributed by atoms with E-state index in [0.717, 1.165) is 31.7 Å². The highest BCUT2D eigenvalue weighted by Gasteiger charge is 2.13. The molecule has 3 heteroatoms. The zero-order chi connectivity index (χ0) is 16.9. The monoisotopic (exact) mass is 320 g/mol. The van der Waals surface area contributed by atoms with Gasteiger partial charge in [0.25, 0.3) is 0 Å². The molecule has 1 amide bonds. The van der Waals surface area contributed by atoms with Crippen LogP contribution in [0.15, 0.2) is 54.6 Å². The number of carbonyl (C=O) groups excluding carboxylic acids is 1. The minimum absolute atomic E-state index is 0.0347. The standard InChI is InChI=1S/C21H24N2O/c1-16-3-7-19(8-4-16)20-11-13-23(14-12-20)15-18-5-9-21(10-6-18)22-17(2)24/h3-11H,12-15H2,1-2H3,(H,22,24). The van der Waals surface area contributed by atoms with Crippen molar-refractivity contribution in [3.8, 4) is 0 Å². The third-order valence-corrected chi connectivity index (χ3v) is 4.40. The maximum Gasteiger partial charge on any atom is 0.221 e. The van der Waals surface area contributed by atoms with Gasteiger partial charge in [0.1, 0.15) is 0 Å². The zero-order valence-corrected chi connectivity index (χ0v) is 14.4. The summed E-state index contributed by atoms with van der Waals surface area (Å²) in [5.41, 5.74) is 6.23. The van der Waals surface area contributed by atoms with Gasteiger partial charge < -0.3 is 5.32 Å². The van der Waals surface area contributed by atoms with E-state index < -0.39 is 0 Å². The molecule has 1 N–H and O–H groups in total. The summed E-state index contributed by atoms with van der Waals surface area (Å²) in [4.78, 5) is 13.5. The molecule has 0 saturated heterocycles. The van der Waals surface area contributed by atoms with Crippen LogP contribution in [0.1, 0.15) is 30.0 Å². The summed E-state index contributed by atoms with van der Waals surface area (Å²) in [6, 6.07) is 16.9.